The largest absolute Gasteiger partial charge is 0.353 e. The van der Waals surface area contributed by atoms with Crippen molar-refractivity contribution in [3.8, 4) is 0 Å². The summed E-state index contributed by atoms with van der Waals surface area (Å²) in [6, 6.07) is 2.71. The molecule has 1 aromatic heterocycles. The normalized spacial score (nSPS) is 21.4. The van der Waals surface area contributed by atoms with Gasteiger partial charge in [-0.3, -0.25) is 4.90 Å². The molecule has 1 aromatic rings. The summed E-state index contributed by atoms with van der Waals surface area (Å²) in [5.74, 6) is 1.84. The van der Waals surface area contributed by atoms with Crippen LogP contribution >= 0.6 is 0 Å². The molecule has 2 aliphatic rings. The summed E-state index contributed by atoms with van der Waals surface area (Å²) in [5, 5.41) is 0. The Balaban J connectivity index is 1.53. The number of piperazine rings is 1. The van der Waals surface area contributed by atoms with Crippen LogP contribution in [0.3, 0.4) is 0 Å². The number of rotatable bonds is 4. The van der Waals surface area contributed by atoms with Gasteiger partial charge in [0, 0.05) is 65.6 Å². The highest BCUT2D eigenvalue weighted by atomic mass is 15.4. The van der Waals surface area contributed by atoms with Crippen LogP contribution in [0.15, 0.2) is 12.3 Å². The molecule has 0 aliphatic carbocycles. The lowest BCUT2D eigenvalue weighted by Crippen LogP contribution is -2.63. The lowest BCUT2D eigenvalue weighted by molar-refractivity contribution is 0.0859. The first-order chi connectivity index (χ1) is 10.2. The molecule has 0 amide bonds. The third-order valence-electron chi connectivity index (χ3n) is 4.58. The predicted molar refractivity (Wildman–Crippen MR) is 86.0 cm³/mol. The average Bonchev–Trinajstić information content (AvgIpc) is 2.47. The fraction of sp³-hybridized carbons (Fsp3) is 0.733. The van der Waals surface area contributed by atoms with E-state index in [0.717, 1.165) is 24.9 Å². The SMILES string of the molecule is CCN1CCN(C2CN(c3ccnc(N(C)C)n3)C2)CC1. The highest BCUT2D eigenvalue weighted by Crippen LogP contribution is 2.23. The van der Waals surface area contributed by atoms with Gasteiger partial charge in [-0.25, -0.2) is 4.98 Å². The smallest absolute Gasteiger partial charge is 0.226 e. The van der Waals surface area contributed by atoms with E-state index in [0.29, 0.717) is 6.04 Å². The summed E-state index contributed by atoms with van der Waals surface area (Å²) in [6.45, 7) is 10.5. The van der Waals surface area contributed by atoms with Gasteiger partial charge in [0.1, 0.15) is 5.82 Å². The van der Waals surface area contributed by atoms with Crippen molar-refractivity contribution in [2.75, 3.05) is 69.7 Å². The van der Waals surface area contributed by atoms with Crippen LogP contribution < -0.4 is 9.80 Å². The zero-order valence-corrected chi connectivity index (χ0v) is 13.4. The van der Waals surface area contributed by atoms with Crippen molar-refractivity contribution in [2.45, 2.75) is 13.0 Å². The molecule has 0 aromatic carbocycles. The van der Waals surface area contributed by atoms with Crippen molar-refractivity contribution < 1.29 is 0 Å². The number of anilines is 2. The Morgan fingerprint density at radius 1 is 1.19 bits per heavy atom. The summed E-state index contributed by atoms with van der Waals surface area (Å²) < 4.78 is 0. The predicted octanol–water partition coefficient (Wildman–Crippen LogP) is 0.369. The Morgan fingerprint density at radius 2 is 1.90 bits per heavy atom. The molecule has 0 atom stereocenters. The fourth-order valence-corrected chi connectivity index (χ4v) is 3.05. The summed E-state index contributed by atoms with van der Waals surface area (Å²) in [7, 11) is 3.95. The molecular weight excluding hydrogens is 264 g/mol. The summed E-state index contributed by atoms with van der Waals surface area (Å²) in [6.07, 6.45) is 1.85. The van der Waals surface area contributed by atoms with Gasteiger partial charge in [0.15, 0.2) is 0 Å². The Morgan fingerprint density at radius 3 is 2.52 bits per heavy atom. The minimum Gasteiger partial charge on any atom is -0.353 e. The Bertz CT molecular complexity index is 463. The molecule has 6 heteroatoms. The van der Waals surface area contributed by atoms with E-state index in [4.69, 9.17) is 0 Å². The van der Waals surface area contributed by atoms with Crippen molar-refractivity contribution >= 4 is 11.8 Å². The lowest BCUT2D eigenvalue weighted by atomic mass is 10.1. The van der Waals surface area contributed by atoms with E-state index < -0.39 is 0 Å². The topological polar surface area (TPSA) is 38.7 Å². The van der Waals surface area contributed by atoms with Crippen LogP contribution in [-0.2, 0) is 0 Å². The maximum atomic E-state index is 4.61. The van der Waals surface area contributed by atoms with E-state index in [-0.39, 0.29) is 0 Å². The first-order valence-corrected chi connectivity index (χ1v) is 7.89. The third kappa shape index (κ3) is 3.11. The lowest BCUT2D eigenvalue weighted by Gasteiger charge is -2.48. The van der Waals surface area contributed by atoms with Gasteiger partial charge in [-0.1, -0.05) is 6.92 Å². The fourth-order valence-electron chi connectivity index (χ4n) is 3.05. The first kappa shape index (κ1) is 14.5. The van der Waals surface area contributed by atoms with Crippen molar-refractivity contribution in [2.24, 2.45) is 0 Å². The number of likely N-dealkylation sites (N-methyl/N-ethyl adjacent to an activating group) is 1. The second-order valence-electron chi connectivity index (χ2n) is 6.14. The molecule has 3 rings (SSSR count). The van der Waals surface area contributed by atoms with E-state index in [1.165, 1.54) is 32.7 Å². The maximum absolute atomic E-state index is 4.61. The van der Waals surface area contributed by atoms with Gasteiger partial charge in [-0.05, 0) is 12.6 Å². The molecule has 2 aliphatic heterocycles. The third-order valence-corrected chi connectivity index (χ3v) is 4.58. The minimum atomic E-state index is 0.696. The maximum Gasteiger partial charge on any atom is 0.226 e. The van der Waals surface area contributed by atoms with Crippen LogP contribution in [0.25, 0.3) is 0 Å². The highest BCUT2D eigenvalue weighted by molar-refractivity contribution is 5.46. The molecule has 21 heavy (non-hydrogen) atoms. The van der Waals surface area contributed by atoms with Gasteiger partial charge in [-0.2, -0.15) is 4.98 Å². The molecule has 6 nitrogen and oxygen atoms in total. The van der Waals surface area contributed by atoms with E-state index in [1.54, 1.807) is 0 Å². The van der Waals surface area contributed by atoms with Crippen LogP contribution in [0.1, 0.15) is 6.92 Å². The van der Waals surface area contributed by atoms with Crippen LogP contribution in [0.5, 0.6) is 0 Å². The summed E-state index contributed by atoms with van der Waals surface area (Å²) >= 11 is 0. The standard InChI is InChI=1S/C15H26N6/c1-4-19-7-9-20(10-8-19)13-11-21(12-13)14-5-6-16-15(17-14)18(2)3/h5-6,13H,4,7-12H2,1-3H3. The van der Waals surface area contributed by atoms with Crippen molar-refractivity contribution in [1.82, 2.24) is 19.8 Å². The van der Waals surface area contributed by atoms with E-state index in [2.05, 4.69) is 31.6 Å². The number of aromatic nitrogens is 2. The molecule has 0 unspecified atom stereocenters. The van der Waals surface area contributed by atoms with Crippen molar-refractivity contribution in [3.63, 3.8) is 0 Å². The Kier molecular flexibility index (Phi) is 4.26. The molecule has 0 N–H and O–H groups in total. The van der Waals surface area contributed by atoms with Gasteiger partial charge in [0.05, 0.1) is 0 Å². The number of nitrogens with zero attached hydrogens (tertiary/aromatic N) is 6. The van der Waals surface area contributed by atoms with E-state index in [1.807, 2.05) is 31.3 Å². The van der Waals surface area contributed by atoms with Gasteiger partial charge >= 0.3 is 0 Å². The van der Waals surface area contributed by atoms with Crippen molar-refractivity contribution in [3.05, 3.63) is 12.3 Å². The van der Waals surface area contributed by atoms with E-state index >= 15 is 0 Å². The van der Waals surface area contributed by atoms with E-state index in [9.17, 15) is 0 Å². The zero-order valence-electron chi connectivity index (χ0n) is 13.4. The zero-order chi connectivity index (χ0) is 14.8. The summed E-state index contributed by atoms with van der Waals surface area (Å²) in [5.41, 5.74) is 0. The molecule has 0 radical (unpaired) electrons. The number of hydrogen-bond acceptors (Lipinski definition) is 6. The monoisotopic (exact) mass is 290 g/mol. The van der Waals surface area contributed by atoms with Gasteiger partial charge in [0.2, 0.25) is 5.95 Å². The highest BCUT2D eigenvalue weighted by Gasteiger charge is 2.34. The molecule has 0 bridgehead atoms. The molecule has 2 saturated heterocycles. The second-order valence-corrected chi connectivity index (χ2v) is 6.14. The van der Waals surface area contributed by atoms with Gasteiger partial charge in [-0.15, -0.1) is 0 Å². The van der Waals surface area contributed by atoms with Crippen LogP contribution in [0.4, 0.5) is 11.8 Å². The number of hydrogen-bond donors (Lipinski definition) is 0. The molecule has 0 spiro atoms. The molecule has 3 heterocycles. The van der Waals surface area contributed by atoms with Gasteiger partial charge in [0.25, 0.3) is 0 Å². The van der Waals surface area contributed by atoms with Crippen LogP contribution in [0, 0.1) is 0 Å². The molecule has 2 fully saturated rings. The van der Waals surface area contributed by atoms with Gasteiger partial charge < -0.3 is 14.7 Å². The molecule has 0 saturated carbocycles. The second kappa shape index (κ2) is 6.15. The first-order valence-electron chi connectivity index (χ1n) is 7.89. The minimum absolute atomic E-state index is 0.696. The Labute approximate surface area is 127 Å². The van der Waals surface area contributed by atoms with Crippen LogP contribution in [0.2, 0.25) is 0 Å². The summed E-state index contributed by atoms with van der Waals surface area (Å²) in [4.78, 5) is 18.4. The Hall–Kier alpha value is -1.40. The average molecular weight is 290 g/mol. The molecular formula is C15H26N6. The quantitative estimate of drug-likeness (QED) is 0.798. The molecule has 116 valence electrons. The van der Waals surface area contributed by atoms with Crippen molar-refractivity contribution in [1.29, 1.82) is 0 Å². The van der Waals surface area contributed by atoms with Crippen LogP contribution in [-0.4, -0.2) is 85.7 Å².